The van der Waals surface area contributed by atoms with E-state index in [4.69, 9.17) is 4.74 Å². The van der Waals surface area contributed by atoms with Gasteiger partial charge in [-0.15, -0.1) is 0 Å². The average molecular weight is 248 g/mol. The highest BCUT2D eigenvalue weighted by Gasteiger charge is 2.29. The van der Waals surface area contributed by atoms with Gasteiger partial charge in [-0.2, -0.15) is 0 Å². The van der Waals surface area contributed by atoms with Gasteiger partial charge in [-0.25, -0.2) is 0 Å². The molecule has 0 radical (unpaired) electrons. The van der Waals surface area contributed by atoms with Crippen molar-refractivity contribution in [3.8, 4) is 0 Å². The predicted octanol–water partition coefficient (Wildman–Crippen LogP) is 1.22. The summed E-state index contributed by atoms with van der Waals surface area (Å²) in [5.41, 5.74) is 1.75. The highest BCUT2D eigenvalue weighted by molar-refractivity contribution is 6.02. The molecule has 1 heterocycles. The lowest BCUT2D eigenvalue weighted by molar-refractivity contribution is -0.143. The number of rotatable bonds is 5. The number of nitrogens with one attached hydrogen (secondary N) is 2. The molecule has 1 aliphatic heterocycles. The molecular weight excluding hydrogens is 232 g/mol. The number of hydrogen-bond acceptors (Lipinski definition) is 4. The Bertz CT molecular complexity index is 459. The first-order valence-corrected chi connectivity index (χ1v) is 6.01. The molecule has 2 N–H and O–H groups in total. The van der Waals surface area contributed by atoms with Crippen LogP contribution in [-0.4, -0.2) is 25.0 Å². The molecule has 0 spiro atoms. The summed E-state index contributed by atoms with van der Waals surface area (Å²) in [6.07, 6.45) is 0.264. The van der Waals surface area contributed by atoms with Crippen molar-refractivity contribution in [2.24, 2.45) is 0 Å². The summed E-state index contributed by atoms with van der Waals surface area (Å²) in [6.45, 7) is 2.57. The first-order chi connectivity index (χ1) is 8.72. The summed E-state index contributed by atoms with van der Waals surface area (Å²) in [5.74, 6) is -0.336. The summed E-state index contributed by atoms with van der Waals surface area (Å²) in [5, 5.41) is 5.86. The van der Waals surface area contributed by atoms with Crippen molar-refractivity contribution in [1.29, 1.82) is 0 Å². The van der Waals surface area contributed by atoms with Crippen molar-refractivity contribution >= 4 is 17.6 Å². The van der Waals surface area contributed by atoms with Gasteiger partial charge >= 0.3 is 5.97 Å². The van der Waals surface area contributed by atoms with Gasteiger partial charge < -0.3 is 15.4 Å². The van der Waals surface area contributed by atoms with E-state index < -0.39 is 0 Å². The van der Waals surface area contributed by atoms with E-state index in [1.165, 1.54) is 0 Å². The minimum Gasteiger partial charge on any atom is -0.466 e. The molecule has 0 saturated heterocycles. The Balaban J connectivity index is 1.90. The fraction of sp³-hybridized carbons (Fsp3) is 0.385. The maximum atomic E-state index is 11.7. The minimum atomic E-state index is -0.379. The van der Waals surface area contributed by atoms with Crippen LogP contribution >= 0.6 is 0 Å². The molecule has 0 aromatic heterocycles. The molecule has 0 saturated carbocycles. The molecule has 0 fully saturated rings. The monoisotopic (exact) mass is 248 g/mol. The summed E-state index contributed by atoms with van der Waals surface area (Å²) in [7, 11) is 0. The molecule has 18 heavy (non-hydrogen) atoms. The molecule has 2 rings (SSSR count). The highest BCUT2D eigenvalue weighted by atomic mass is 16.5. The second-order valence-electron chi connectivity index (χ2n) is 4.02. The van der Waals surface area contributed by atoms with Crippen LogP contribution in [0.15, 0.2) is 24.3 Å². The Hall–Kier alpha value is -1.88. The van der Waals surface area contributed by atoms with Gasteiger partial charge in [0.2, 0.25) is 5.91 Å². The van der Waals surface area contributed by atoms with Gasteiger partial charge in [0.25, 0.3) is 0 Å². The lowest BCUT2D eigenvalue weighted by atomic mass is 10.1. The number of fused-ring (bicyclic) bond motifs is 1. The number of carbonyl (C=O) groups excluding carboxylic acids is 2. The SMILES string of the molecule is CCOC(=O)CCNC1C(=O)Nc2ccccc21. The van der Waals surface area contributed by atoms with Crippen LogP contribution in [0.25, 0.3) is 0 Å². The van der Waals surface area contributed by atoms with E-state index >= 15 is 0 Å². The first kappa shape index (κ1) is 12.6. The summed E-state index contributed by atoms with van der Waals surface area (Å²) in [6, 6.07) is 7.14. The van der Waals surface area contributed by atoms with Crippen LogP contribution in [0, 0.1) is 0 Å². The van der Waals surface area contributed by atoms with Gasteiger partial charge in [-0.3, -0.25) is 9.59 Å². The molecule has 1 amide bonds. The molecule has 1 aromatic carbocycles. The van der Waals surface area contributed by atoms with Gasteiger partial charge in [-0.1, -0.05) is 18.2 Å². The zero-order valence-electron chi connectivity index (χ0n) is 10.2. The quantitative estimate of drug-likeness (QED) is 0.769. The van der Waals surface area contributed by atoms with Crippen molar-refractivity contribution in [2.45, 2.75) is 19.4 Å². The third-order valence-corrected chi connectivity index (χ3v) is 2.77. The van der Waals surface area contributed by atoms with Gasteiger partial charge in [0.1, 0.15) is 6.04 Å². The predicted molar refractivity (Wildman–Crippen MR) is 67.1 cm³/mol. The van der Waals surface area contributed by atoms with Gasteiger partial charge in [-0.05, 0) is 13.0 Å². The number of hydrogen-bond donors (Lipinski definition) is 2. The second kappa shape index (κ2) is 5.64. The molecule has 5 nitrogen and oxygen atoms in total. The minimum absolute atomic E-state index is 0.0833. The zero-order chi connectivity index (χ0) is 13.0. The third kappa shape index (κ3) is 2.68. The standard InChI is InChI=1S/C13H16N2O3/c1-2-18-11(16)7-8-14-12-9-5-3-4-6-10(9)15-13(12)17/h3-6,12,14H,2,7-8H2,1H3,(H,15,17). The van der Waals surface area contributed by atoms with Crippen molar-refractivity contribution in [2.75, 3.05) is 18.5 Å². The van der Waals surface area contributed by atoms with Crippen molar-refractivity contribution in [3.05, 3.63) is 29.8 Å². The second-order valence-corrected chi connectivity index (χ2v) is 4.02. The van der Waals surface area contributed by atoms with E-state index in [1.54, 1.807) is 6.92 Å². The topological polar surface area (TPSA) is 67.4 Å². The van der Waals surface area contributed by atoms with Crippen LogP contribution in [0.5, 0.6) is 0 Å². The normalized spacial score (nSPS) is 17.2. The number of amides is 1. The average Bonchev–Trinajstić information content (AvgIpc) is 2.66. The molecule has 1 atom stereocenters. The van der Waals surface area contributed by atoms with E-state index in [0.29, 0.717) is 13.2 Å². The lowest BCUT2D eigenvalue weighted by Crippen LogP contribution is -2.29. The number of benzene rings is 1. The largest absolute Gasteiger partial charge is 0.466 e. The van der Waals surface area contributed by atoms with E-state index in [9.17, 15) is 9.59 Å². The Morgan fingerprint density at radius 2 is 2.22 bits per heavy atom. The molecule has 96 valence electrons. The van der Waals surface area contributed by atoms with Gasteiger partial charge in [0, 0.05) is 17.8 Å². The van der Waals surface area contributed by atoms with Crippen molar-refractivity contribution in [3.63, 3.8) is 0 Å². The summed E-state index contributed by atoms with van der Waals surface area (Å²) < 4.78 is 4.82. The van der Waals surface area contributed by atoms with Crippen LogP contribution in [0.1, 0.15) is 24.9 Å². The van der Waals surface area contributed by atoms with Crippen molar-refractivity contribution in [1.82, 2.24) is 5.32 Å². The highest BCUT2D eigenvalue weighted by Crippen LogP contribution is 2.29. The van der Waals surface area contributed by atoms with Crippen LogP contribution < -0.4 is 10.6 Å². The number of anilines is 1. The first-order valence-electron chi connectivity index (χ1n) is 6.01. The van der Waals surface area contributed by atoms with Gasteiger partial charge in [0.05, 0.1) is 13.0 Å². The number of carbonyl (C=O) groups is 2. The maximum Gasteiger partial charge on any atom is 0.307 e. The van der Waals surface area contributed by atoms with Crippen LogP contribution in [0.3, 0.4) is 0 Å². The fourth-order valence-corrected chi connectivity index (χ4v) is 1.96. The van der Waals surface area contributed by atoms with Crippen LogP contribution in [0.4, 0.5) is 5.69 Å². The van der Waals surface area contributed by atoms with Crippen LogP contribution in [-0.2, 0) is 14.3 Å². The lowest BCUT2D eigenvalue weighted by Gasteiger charge is -2.10. The third-order valence-electron chi connectivity index (χ3n) is 2.77. The molecule has 1 aromatic rings. The molecule has 1 unspecified atom stereocenters. The number of ether oxygens (including phenoxy) is 1. The summed E-state index contributed by atoms with van der Waals surface area (Å²) >= 11 is 0. The zero-order valence-corrected chi connectivity index (χ0v) is 10.2. The smallest absolute Gasteiger partial charge is 0.307 e. The van der Waals surface area contributed by atoms with Crippen LogP contribution in [0.2, 0.25) is 0 Å². The van der Waals surface area contributed by atoms with E-state index in [0.717, 1.165) is 11.3 Å². The Kier molecular flexibility index (Phi) is 3.94. The molecular formula is C13H16N2O3. The van der Waals surface area contributed by atoms with Crippen molar-refractivity contribution < 1.29 is 14.3 Å². The van der Waals surface area contributed by atoms with E-state index in [-0.39, 0.29) is 24.3 Å². The molecule has 5 heteroatoms. The van der Waals surface area contributed by atoms with E-state index in [2.05, 4.69) is 10.6 Å². The molecule has 1 aliphatic rings. The maximum absolute atomic E-state index is 11.7. The van der Waals surface area contributed by atoms with E-state index in [1.807, 2.05) is 24.3 Å². The molecule has 0 bridgehead atoms. The Morgan fingerprint density at radius 3 is 3.00 bits per heavy atom. The Morgan fingerprint density at radius 1 is 1.44 bits per heavy atom. The fourth-order valence-electron chi connectivity index (χ4n) is 1.96. The molecule has 0 aliphatic carbocycles. The summed E-state index contributed by atoms with van der Waals surface area (Å²) in [4.78, 5) is 22.9. The number of esters is 1. The Labute approximate surface area is 106 Å². The number of para-hydroxylation sites is 1. The van der Waals surface area contributed by atoms with Gasteiger partial charge in [0.15, 0.2) is 0 Å².